The molecule has 1 saturated heterocycles. The number of rotatable bonds is 6. The molecule has 2 heterocycles. The number of amides is 1. The van der Waals surface area contributed by atoms with Gasteiger partial charge in [0.1, 0.15) is 6.04 Å². The van der Waals surface area contributed by atoms with Gasteiger partial charge in [0.15, 0.2) is 0 Å². The van der Waals surface area contributed by atoms with E-state index in [-0.39, 0.29) is 12.5 Å². The molecule has 0 saturated carbocycles. The Kier molecular flexibility index (Phi) is 6.07. The van der Waals surface area contributed by atoms with Crippen molar-refractivity contribution in [2.24, 2.45) is 0 Å². The summed E-state index contributed by atoms with van der Waals surface area (Å²) in [5, 5.41) is 12.9. The van der Waals surface area contributed by atoms with Gasteiger partial charge in [-0.1, -0.05) is 66.7 Å². The van der Waals surface area contributed by atoms with Crippen LogP contribution in [0.4, 0.5) is 10.5 Å². The molecule has 0 radical (unpaired) electrons. The van der Waals surface area contributed by atoms with E-state index in [4.69, 9.17) is 4.74 Å². The van der Waals surface area contributed by atoms with Crippen LogP contribution in [0.15, 0.2) is 72.8 Å². The third-order valence-electron chi connectivity index (χ3n) is 6.81. The molecule has 1 amide bonds. The Morgan fingerprint density at radius 2 is 1.62 bits per heavy atom. The maximum atomic E-state index is 13.0. The smallest absolute Gasteiger partial charge is 0.415 e. The highest BCUT2D eigenvalue weighted by molar-refractivity contribution is 5.93. The second-order valence-corrected chi connectivity index (χ2v) is 8.87. The van der Waals surface area contributed by atoms with Gasteiger partial charge >= 0.3 is 12.1 Å². The highest BCUT2D eigenvalue weighted by atomic mass is 16.6. The van der Waals surface area contributed by atoms with Gasteiger partial charge in [-0.15, -0.1) is 0 Å². The van der Waals surface area contributed by atoms with Crippen LogP contribution >= 0.6 is 0 Å². The number of nitrogens with zero attached hydrogens (tertiary/aromatic N) is 1. The lowest BCUT2D eigenvalue weighted by Gasteiger charge is -2.25. The fourth-order valence-electron chi connectivity index (χ4n) is 5.34. The topological polar surface area (TPSA) is 78.9 Å². The molecule has 0 bridgehead atoms. The van der Waals surface area contributed by atoms with E-state index in [9.17, 15) is 14.7 Å². The zero-order chi connectivity index (χ0) is 23.7. The van der Waals surface area contributed by atoms with Crippen LogP contribution in [0.1, 0.15) is 47.1 Å². The number of hydrogen-bond acceptors (Lipinski definition) is 4. The monoisotopic (exact) mass is 456 g/mol. The third kappa shape index (κ3) is 4.05. The van der Waals surface area contributed by atoms with Crippen LogP contribution in [0.3, 0.4) is 0 Å². The first kappa shape index (κ1) is 22.2. The first-order valence-corrected chi connectivity index (χ1v) is 11.7. The maximum absolute atomic E-state index is 13.0. The zero-order valence-electron chi connectivity index (χ0n) is 19.1. The molecule has 2 aliphatic heterocycles. The second-order valence-electron chi connectivity index (χ2n) is 8.87. The first-order valence-electron chi connectivity index (χ1n) is 11.7. The molecule has 0 unspecified atom stereocenters. The first-order chi connectivity index (χ1) is 16.6. The Balaban J connectivity index is 1.64. The van der Waals surface area contributed by atoms with Gasteiger partial charge in [-0.2, -0.15) is 0 Å². The molecule has 3 aromatic rings. The summed E-state index contributed by atoms with van der Waals surface area (Å²) in [4.78, 5) is 26.4. The van der Waals surface area contributed by atoms with Crippen molar-refractivity contribution in [3.05, 3.63) is 101 Å². The van der Waals surface area contributed by atoms with Crippen molar-refractivity contribution in [2.45, 2.75) is 44.3 Å². The Morgan fingerprint density at radius 3 is 2.24 bits per heavy atom. The number of hydrogen-bond donors (Lipinski definition) is 2. The molecule has 0 spiro atoms. The van der Waals surface area contributed by atoms with Crippen LogP contribution < -0.4 is 10.2 Å². The molecule has 3 aromatic carbocycles. The van der Waals surface area contributed by atoms with Gasteiger partial charge in [0.25, 0.3) is 0 Å². The van der Waals surface area contributed by atoms with E-state index in [2.05, 4.69) is 35.6 Å². The van der Waals surface area contributed by atoms with Gasteiger partial charge in [-0.05, 0) is 60.1 Å². The lowest BCUT2D eigenvalue weighted by molar-refractivity contribution is -0.139. The maximum Gasteiger partial charge on any atom is 0.415 e. The number of benzene rings is 3. The van der Waals surface area contributed by atoms with Crippen molar-refractivity contribution in [3.8, 4) is 0 Å². The van der Waals surface area contributed by atoms with Crippen LogP contribution in [-0.2, 0) is 22.4 Å². The van der Waals surface area contributed by atoms with Crippen LogP contribution in [-0.4, -0.2) is 36.0 Å². The van der Waals surface area contributed by atoms with Gasteiger partial charge < -0.3 is 9.84 Å². The van der Waals surface area contributed by atoms with E-state index in [1.165, 1.54) is 22.3 Å². The van der Waals surface area contributed by atoms with Crippen molar-refractivity contribution in [3.63, 3.8) is 0 Å². The Bertz CT molecular complexity index is 1200. The fraction of sp³-hybridized carbons (Fsp3) is 0.286. The van der Waals surface area contributed by atoms with E-state index in [1.54, 1.807) is 11.8 Å². The molecule has 3 atom stereocenters. The van der Waals surface area contributed by atoms with E-state index in [0.717, 1.165) is 17.7 Å². The van der Waals surface area contributed by atoms with Crippen molar-refractivity contribution in [2.75, 3.05) is 11.5 Å². The number of ether oxygens (including phenoxy) is 1. The summed E-state index contributed by atoms with van der Waals surface area (Å²) in [6.45, 7) is 2.03. The minimum absolute atomic E-state index is 0.116. The normalized spacial score (nSPS) is 20.6. The molecular weight excluding hydrogens is 428 g/mol. The Morgan fingerprint density at radius 1 is 0.971 bits per heavy atom. The predicted molar refractivity (Wildman–Crippen MR) is 130 cm³/mol. The molecule has 0 aliphatic carbocycles. The average Bonchev–Trinajstić information content (AvgIpc) is 3.39. The van der Waals surface area contributed by atoms with Crippen molar-refractivity contribution < 1.29 is 19.4 Å². The van der Waals surface area contributed by atoms with Crippen LogP contribution in [0.2, 0.25) is 0 Å². The second kappa shape index (κ2) is 9.31. The minimum atomic E-state index is -0.898. The van der Waals surface area contributed by atoms with Crippen LogP contribution in [0.5, 0.6) is 0 Å². The quantitative estimate of drug-likeness (QED) is 0.562. The van der Waals surface area contributed by atoms with Gasteiger partial charge in [-0.25, -0.2) is 4.79 Å². The molecule has 6 nitrogen and oxygen atoms in total. The van der Waals surface area contributed by atoms with E-state index < -0.39 is 24.3 Å². The number of carboxylic acid groups (broad SMARTS) is 1. The predicted octanol–water partition coefficient (Wildman–Crippen LogP) is 4.70. The fourth-order valence-corrected chi connectivity index (χ4v) is 5.34. The summed E-state index contributed by atoms with van der Waals surface area (Å²) in [7, 11) is 0. The summed E-state index contributed by atoms with van der Waals surface area (Å²) >= 11 is 0. The SMILES string of the molecule is CCOC(=O)N1c2ccc(Cc3ccccc3)c(Cc3ccccc3)c2[C@H]2C[C@@H](C(=O)O)N[C@H]21. The molecule has 2 aliphatic rings. The number of carbonyl (C=O) groups is 2. The van der Waals surface area contributed by atoms with Gasteiger partial charge in [0, 0.05) is 5.92 Å². The largest absolute Gasteiger partial charge is 0.480 e. The summed E-state index contributed by atoms with van der Waals surface area (Å²) in [6.07, 6.45) is 1.03. The molecule has 174 valence electrons. The van der Waals surface area contributed by atoms with Gasteiger partial charge in [-0.3, -0.25) is 15.0 Å². The molecule has 1 fully saturated rings. The number of anilines is 1. The molecular formula is C28H28N2O4. The molecule has 5 rings (SSSR count). The zero-order valence-corrected chi connectivity index (χ0v) is 19.1. The summed E-state index contributed by atoms with van der Waals surface area (Å²) in [6, 6.07) is 24.0. The summed E-state index contributed by atoms with van der Waals surface area (Å²) in [5.74, 6) is -1.01. The number of aliphatic carboxylic acids is 1. The number of fused-ring (bicyclic) bond motifs is 3. The summed E-state index contributed by atoms with van der Waals surface area (Å²) < 4.78 is 5.37. The summed E-state index contributed by atoms with van der Waals surface area (Å²) in [5.41, 5.74) is 6.62. The van der Waals surface area contributed by atoms with E-state index in [0.29, 0.717) is 12.8 Å². The molecule has 34 heavy (non-hydrogen) atoms. The molecule has 6 heteroatoms. The average molecular weight is 457 g/mol. The minimum Gasteiger partial charge on any atom is -0.480 e. The molecule has 0 aromatic heterocycles. The Labute approximate surface area is 199 Å². The van der Waals surface area contributed by atoms with Gasteiger partial charge in [0.2, 0.25) is 0 Å². The van der Waals surface area contributed by atoms with Gasteiger partial charge in [0.05, 0.1) is 18.5 Å². The molecule has 2 N–H and O–H groups in total. The number of carboxylic acids is 1. The highest BCUT2D eigenvalue weighted by Gasteiger charge is 2.51. The standard InChI is InChI=1S/C28H28N2O4/c1-2-34-28(33)30-24-14-13-20(15-18-9-5-3-6-10-18)21(16-19-11-7-4-8-12-19)25(24)22-17-23(27(31)32)29-26(22)30/h3-14,22-23,26,29H,2,15-17H2,1H3,(H,31,32)/t22-,23+,26+/m1/s1. The number of nitrogens with one attached hydrogen (secondary N) is 1. The highest BCUT2D eigenvalue weighted by Crippen LogP contribution is 2.49. The third-order valence-corrected chi connectivity index (χ3v) is 6.81. The van der Waals surface area contributed by atoms with Crippen LogP contribution in [0.25, 0.3) is 0 Å². The van der Waals surface area contributed by atoms with E-state index in [1.807, 2.05) is 42.5 Å². The van der Waals surface area contributed by atoms with Crippen molar-refractivity contribution >= 4 is 17.7 Å². The lowest BCUT2D eigenvalue weighted by atomic mass is 9.85. The van der Waals surface area contributed by atoms with Crippen molar-refractivity contribution in [1.82, 2.24) is 5.32 Å². The number of carbonyl (C=O) groups excluding carboxylic acids is 1. The Hall–Kier alpha value is -3.64. The lowest BCUT2D eigenvalue weighted by Crippen LogP contribution is -2.48. The van der Waals surface area contributed by atoms with Crippen LogP contribution in [0, 0.1) is 0 Å². The van der Waals surface area contributed by atoms with Crippen molar-refractivity contribution in [1.29, 1.82) is 0 Å². The van der Waals surface area contributed by atoms with E-state index >= 15 is 0 Å².